The van der Waals surface area contributed by atoms with Crippen molar-refractivity contribution in [1.29, 1.82) is 0 Å². The molecule has 234 valence electrons. The molecule has 11 nitrogen and oxygen atoms in total. The van der Waals surface area contributed by atoms with E-state index in [4.69, 9.17) is 18.9 Å². The molecular formula is C32H43N3O8. The Morgan fingerprint density at radius 1 is 1.02 bits per heavy atom. The summed E-state index contributed by atoms with van der Waals surface area (Å²) in [5.41, 5.74) is 2.53. The third-order valence-electron chi connectivity index (χ3n) is 7.23. The third kappa shape index (κ3) is 9.49. The summed E-state index contributed by atoms with van der Waals surface area (Å²) >= 11 is 0. The fraction of sp³-hybridized carbons (Fsp3) is 0.531. The molecular weight excluding hydrogens is 554 g/mol. The van der Waals surface area contributed by atoms with E-state index >= 15 is 0 Å². The van der Waals surface area contributed by atoms with Crippen LogP contribution in [-0.2, 0) is 35.1 Å². The number of benzene rings is 2. The lowest BCUT2D eigenvalue weighted by Gasteiger charge is -2.38. The molecule has 3 N–H and O–H groups in total. The molecule has 0 spiro atoms. The van der Waals surface area contributed by atoms with E-state index in [1.165, 1.54) is 0 Å². The van der Waals surface area contributed by atoms with E-state index in [1.54, 1.807) is 19.1 Å². The first kappa shape index (κ1) is 32.4. The van der Waals surface area contributed by atoms with Crippen LogP contribution in [0.15, 0.2) is 48.5 Å². The van der Waals surface area contributed by atoms with Gasteiger partial charge >= 0.3 is 18.0 Å². The van der Waals surface area contributed by atoms with Crippen LogP contribution in [0, 0.1) is 0 Å². The van der Waals surface area contributed by atoms with Crippen LogP contribution < -0.4 is 10.6 Å². The maximum Gasteiger partial charge on any atom is 0.325 e. The van der Waals surface area contributed by atoms with Gasteiger partial charge in [-0.15, -0.1) is 0 Å². The predicted molar refractivity (Wildman–Crippen MR) is 159 cm³/mol. The third-order valence-corrected chi connectivity index (χ3v) is 7.23. The monoisotopic (exact) mass is 597 g/mol. The average Bonchev–Trinajstić information content (AvgIpc) is 3.44. The minimum absolute atomic E-state index is 0.0393. The fourth-order valence-electron chi connectivity index (χ4n) is 5.24. The number of likely N-dealkylation sites (tertiary alicyclic amines) is 1. The molecule has 2 fully saturated rings. The van der Waals surface area contributed by atoms with Crippen molar-refractivity contribution in [2.75, 3.05) is 31.6 Å². The van der Waals surface area contributed by atoms with E-state index < -0.39 is 23.9 Å². The zero-order chi connectivity index (χ0) is 31.0. The molecule has 43 heavy (non-hydrogen) atoms. The molecule has 2 heterocycles. The number of urea groups is 1. The van der Waals surface area contributed by atoms with Crippen molar-refractivity contribution in [2.24, 2.45) is 0 Å². The van der Waals surface area contributed by atoms with Gasteiger partial charge in [0.25, 0.3) is 0 Å². The molecule has 0 aliphatic carbocycles. The highest BCUT2D eigenvalue weighted by molar-refractivity contribution is 5.91. The number of ether oxygens (including phenoxy) is 4. The van der Waals surface area contributed by atoms with E-state index in [-0.39, 0.29) is 44.0 Å². The van der Waals surface area contributed by atoms with Gasteiger partial charge < -0.3 is 34.7 Å². The van der Waals surface area contributed by atoms with Gasteiger partial charge in [-0.3, -0.25) is 14.5 Å². The zero-order valence-corrected chi connectivity index (χ0v) is 25.3. The molecule has 4 atom stereocenters. The van der Waals surface area contributed by atoms with Gasteiger partial charge in [-0.1, -0.05) is 36.4 Å². The average molecular weight is 598 g/mol. The first-order chi connectivity index (χ1) is 20.5. The Morgan fingerprint density at radius 2 is 1.72 bits per heavy atom. The molecule has 4 rings (SSSR count). The molecule has 2 aliphatic heterocycles. The van der Waals surface area contributed by atoms with Gasteiger partial charge in [-0.2, -0.15) is 0 Å². The molecule has 2 aromatic rings. The predicted octanol–water partition coefficient (Wildman–Crippen LogP) is 4.22. The Balaban J connectivity index is 1.46. The minimum Gasteiger partial charge on any atom is -0.465 e. The van der Waals surface area contributed by atoms with Crippen LogP contribution in [0.4, 0.5) is 10.5 Å². The Labute approximate surface area is 252 Å². The summed E-state index contributed by atoms with van der Waals surface area (Å²) < 4.78 is 23.4. The van der Waals surface area contributed by atoms with Crippen molar-refractivity contribution in [3.8, 4) is 0 Å². The quantitative estimate of drug-likeness (QED) is 0.344. The van der Waals surface area contributed by atoms with Gasteiger partial charge in [0.05, 0.1) is 25.4 Å². The van der Waals surface area contributed by atoms with Crippen molar-refractivity contribution in [2.45, 2.75) is 83.7 Å². The van der Waals surface area contributed by atoms with Gasteiger partial charge in [0.1, 0.15) is 18.2 Å². The number of anilines is 1. The standard InChI is InChI=1S/C32H43N3O8/c1-5-40-28(37)18-33-31(39)34-24-14-12-23(13-15-24)30-41-25(17-27(42-30)22-10-8-21(20-36)9-11-22)19-35-16-6-7-26(35)29(38)43-32(2,3)4/h8-15,25-27,30,36H,5-7,16-20H2,1-4H3,(H2,33,34,39)/t25-,26-,27+,30+/m0/s1. The van der Waals surface area contributed by atoms with Gasteiger partial charge in [-0.25, -0.2) is 4.79 Å². The second-order valence-electron chi connectivity index (χ2n) is 11.8. The summed E-state index contributed by atoms with van der Waals surface area (Å²) in [5, 5.41) is 14.6. The van der Waals surface area contributed by atoms with Crippen LogP contribution in [0.5, 0.6) is 0 Å². The summed E-state index contributed by atoms with van der Waals surface area (Å²) in [5.74, 6) is -0.722. The van der Waals surface area contributed by atoms with Crippen molar-refractivity contribution in [1.82, 2.24) is 10.2 Å². The number of hydrogen-bond acceptors (Lipinski definition) is 9. The number of aliphatic hydroxyl groups excluding tert-OH is 1. The Bertz CT molecular complexity index is 1230. The van der Waals surface area contributed by atoms with Crippen LogP contribution in [0.1, 0.15) is 76.0 Å². The maximum absolute atomic E-state index is 12.9. The summed E-state index contributed by atoms with van der Waals surface area (Å²) in [4.78, 5) is 38.8. The lowest BCUT2D eigenvalue weighted by Crippen LogP contribution is -2.45. The topological polar surface area (TPSA) is 136 Å². The molecule has 0 saturated carbocycles. The van der Waals surface area contributed by atoms with Gasteiger partial charge in [0.15, 0.2) is 6.29 Å². The molecule has 0 radical (unpaired) electrons. The minimum atomic E-state index is -0.685. The van der Waals surface area contributed by atoms with Crippen LogP contribution in [-0.4, -0.2) is 72.0 Å². The normalized spacial score (nSPS) is 22.5. The molecule has 0 bridgehead atoms. The number of nitrogens with zero attached hydrogens (tertiary/aromatic N) is 1. The Kier molecular flexibility index (Phi) is 11.1. The first-order valence-electron chi connectivity index (χ1n) is 14.8. The summed E-state index contributed by atoms with van der Waals surface area (Å²) in [7, 11) is 0. The van der Waals surface area contributed by atoms with Crippen LogP contribution in [0.2, 0.25) is 0 Å². The van der Waals surface area contributed by atoms with E-state index in [0.29, 0.717) is 18.7 Å². The largest absolute Gasteiger partial charge is 0.465 e. The molecule has 0 unspecified atom stereocenters. The Hall–Kier alpha value is -3.51. The molecule has 0 aromatic heterocycles. The zero-order valence-electron chi connectivity index (χ0n) is 25.3. The molecule has 2 amide bonds. The van der Waals surface area contributed by atoms with E-state index in [9.17, 15) is 19.5 Å². The number of aliphatic hydroxyl groups is 1. The molecule has 11 heteroatoms. The van der Waals surface area contributed by atoms with Crippen LogP contribution in [0.3, 0.4) is 0 Å². The fourth-order valence-corrected chi connectivity index (χ4v) is 5.24. The second-order valence-corrected chi connectivity index (χ2v) is 11.8. The van der Waals surface area contributed by atoms with Gasteiger partial charge in [-0.05, 0) is 70.3 Å². The van der Waals surface area contributed by atoms with E-state index in [2.05, 4.69) is 15.5 Å². The van der Waals surface area contributed by atoms with Crippen molar-refractivity contribution < 1.29 is 38.4 Å². The molecule has 2 aliphatic rings. The van der Waals surface area contributed by atoms with Crippen molar-refractivity contribution in [3.63, 3.8) is 0 Å². The maximum atomic E-state index is 12.9. The number of hydrogen-bond donors (Lipinski definition) is 3. The highest BCUT2D eigenvalue weighted by Gasteiger charge is 2.38. The van der Waals surface area contributed by atoms with E-state index in [0.717, 1.165) is 36.1 Å². The number of rotatable bonds is 10. The SMILES string of the molecule is CCOC(=O)CNC(=O)Nc1ccc([C@@H]2O[C@H](CN3CCC[C@H]3C(=O)OC(C)(C)C)C[C@H](c3ccc(CO)cc3)O2)cc1. The van der Waals surface area contributed by atoms with Crippen LogP contribution >= 0.6 is 0 Å². The van der Waals surface area contributed by atoms with Crippen molar-refractivity contribution in [3.05, 3.63) is 65.2 Å². The number of carbonyl (C=O) groups is 3. The van der Waals surface area contributed by atoms with Crippen molar-refractivity contribution >= 4 is 23.7 Å². The second kappa shape index (κ2) is 14.8. The first-order valence-corrected chi connectivity index (χ1v) is 14.8. The number of esters is 2. The lowest BCUT2D eigenvalue weighted by molar-refractivity contribution is -0.253. The number of carbonyl (C=O) groups excluding carboxylic acids is 3. The number of nitrogens with one attached hydrogen (secondary N) is 2. The smallest absolute Gasteiger partial charge is 0.325 e. The summed E-state index contributed by atoms with van der Waals surface area (Å²) in [6.07, 6.45) is 1.06. The highest BCUT2D eigenvalue weighted by atomic mass is 16.7. The molecule has 2 saturated heterocycles. The lowest BCUT2D eigenvalue weighted by atomic mass is 9.99. The van der Waals surface area contributed by atoms with Gasteiger partial charge in [0.2, 0.25) is 0 Å². The highest BCUT2D eigenvalue weighted by Crippen LogP contribution is 2.39. The molecule has 2 aromatic carbocycles. The van der Waals surface area contributed by atoms with E-state index in [1.807, 2.05) is 57.2 Å². The summed E-state index contributed by atoms with van der Waals surface area (Å²) in [6, 6.07) is 13.9. The number of amides is 2. The Morgan fingerprint density at radius 3 is 2.37 bits per heavy atom. The summed E-state index contributed by atoms with van der Waals surface area (Å²) in [6.45, 7) is 8.63. The van der Waals surface area contributed by atoms with Crippen LogP contribution in [0.25, 0.3) is 0 Å². The van der Waals surface area contributed by atoms with Gasteiger partial charge in [0, 0.05) is 24.2 Å².